The first-order chi connectivity index (χ1) is 11.1. The Morgan fingerprint density at radius 1 is 1.00 bits per heavy atom. The molecule has 0 bridgehead atoms. The Morgan fingerprint density at radius 3 is 2.32 bits per heavy atom. The first-order valence-corrected chi connectivity index (χ1v) is 9.26. The van der Waals surface area contributed by atoms with Crippen LogP contribution in [-0.4, -0.2) is 3.21 Å². The molecular weight excluding hydrogens is 426 g/mol. The first kappa shape index (κ1) is 22.2. The minimum Gasteiger partial charge on any atom is -1.00 e. The standard InChI is InChI=1S/C19H15.C3H6.2ClH.Zr/c1-13-10-11-17-16-9-5-4-8-15(16)12-18(17)19(13)14-6-2-3-7-14;1-3-2;;;/h2-6,8-12H,7H2,1H3;1-2H3;2*1H;/q-1;;;;+2/p-2. The predicted octanol–water partition coefficient (Wildman–Crippen LogP) is 0.117. The first-order valence-electron chi connectivity index (χ1n) is 8.03. The monoisotopic (exact) mass is 445 g/mol. The summed E-state index contributed by atoms with van der Waals surface area (Å²) in [6, 6.07) is 15.5. The van der Waals surface area contributed by atoms with E-state index in [1.54, 1.807) is 24.2 Å². The fourth-order valence-electron chi connectivity index (χ4n) is 3.20. The van der Waals surface area contributed by atoms with E-state index in [0.29, 0.717) is 0 Å². The average molecular weight is 448 g/mol. The maximum atomic E-state index is 2.34. The number of benzene rings is 2. The van der Waals surface area contributed by atoms with E-state index in [0.717, 1.165) is 6.42 Å². The number of rotatable bonds is 1. The molecule has 0 nitrogen and oxygen atoms in total. The van der Waals surface area contributed by atoms with Gasteiger partial charge in [0.15, 0.2) is 0 Å². The molecule has 0 aliphatic heterocycles. The van der Waals surface area contributed by atoms with Crippen molar-refractivity contribution in [3.63, 3.8) is 0 Å². The molecule has 25 heavy (non-hydrogen) atoms. The van der Waals surface area contributed by atoms with Gasteiger partial charge >= 0.3 is 41.3 Å². The molecule has 0 radical (unpaired) electrons. The molecule has 0 N–H and O–H groups in total. The SMILES string of the molecule is C[C](C)=[Zr+2].Cc1ccc2c([cH-]c3ccccc32)c1C1=CC=CC1.[Cl-].[Cl-]. The summed E-state index contributed by atoms with van der Waals surface area (Å²) in [5, 5.41) is 5.49. The van der Waals surface area contributed by atoms with Crippen LogP contribution in [0.4, 0.5) is 0 Å². The van der Waals surface area contributed by atoms with E-state index in [1.165, 1.54) is 41.5 Å². The van der Waals surface area contributed by atoms with Crippen LogP contribution in [0.2, 0.25) is 0 Å². The quantitative estimate of drug-likeness (QED) is 0.465. The summed E-state index contributed by atoms with van der Waals surface area (Å²) in [6.45, 7) is 6.46. The molecule has 0 aromatic heterocycles. The average Bonchev–Trinajstić information content (AvgIpc) is 3.13. The fraction of sp³-hybridized carbons (Fsp3) is 0.182. The molecule has 0 heterocycles. The van der Waals surface area contributed by atoms with E-state index < -0.39 is 0 Å². The molecule has 3 heteroatoms. The molecule has 1 aliphatic rings. The summed E-state index contributed by atoms with van der Waals surface area (Å²) < 4.78 is 1.51. The molecular formula is C22H21Cl2Zr-. The number of hydrogen-bond acceptors (Lipinski definition) is 0. The molecule has 0 amide bonds. The second-order valence-electron chi connectivity index (χ2n) is 6.27. The number of halogens is 2. The van der Waals surface area contributed by atoms with Crippen LogP contribution in [0.5, 0.6) is 0 Å². The Bertz CT molecular complexity index is 941. The number of fused-ring (bicyclic) bond motifs is 3. The molecule has 3 aromatic carbocycles. The maximum absolute atomic E-state index is 2.34. The minimum atomic E-state index is 0. The van der Waals surface area contributed by atoms with E-state index in [2.05, 4.69) is 81.5 Å². The summed E-state index contributed by atoms with van der Waals surface area (Å²) >= 11 is 1.55. The van der Waals surface area contributed by atoms with Gasteiger partial charge in [0, 0.05) is 0 Å². The Hall–Kier alpha value is -0.877. The second-order valence-corrected chi connectivity index (χ2v) is 8.73. The van der Waals surface area contributed by atoms with E-state index in [4.69, 9.17) is 0 Å². The van der Waals surface area contributed by atoms with Crippen molar-refractivity contribution < 1.29 is 49.0 Å². The van der Waals surface area contributed by atoms with Gasteiger partial charge in [0.05, 0.1) is 0 Å². The number of hydrogen-bond donors (Lipinski definition) is 0. The van der Waals surface area contributed by atoms with Gasteiger partial charge in [-0.2, -0.15) is 0 Å². The van der Waals surface area contributed by atoms with Crippen molar-refractivity contribution in [2.45, 2.75) is 27.2 Å². The summed E-state index contributed by atoms with van der Waals surface area (Å²) in [7, 11) is 0. The van der Waals surface area contributed by atoms with E-state index in [-0.39, 0.29) is 24.8 Å². The van der Waals surface area contributed by atoms with Crippen LogP contribution in [0.15, 0.2) is 60.7 Å². The molecule has 0 saturated carbocycles. The second kappa shape index (κ2) is 9.72. The van der Waals surface area contributed by atoms with Gasteiger partial charge in [-0.25, -0.2) is 0 Å². The number of aryl methyl sites for hydroxylation is 1. The molecule has 4 rings (SSSR count). The summed E-state index contributed by atoms with van der Waals surface area (Å²) in [5.74, 6) is 0. The van der Waals surface area contributed by atoms with Gasteiger partial charge < -0.3 is 24.8 Å². The largest absolute Gasteiger partial charge is 1.00 e. The van der Waals surface area contributed by atoms with Crippen LogP contribution >= 0.6 is 0 Å². The van der Waals surface area contributed by atoms with Gasteiger partial charge in [0.1, 0.15) is 0 Å². The van der Waals surface area contributed by atoms with Crippen LogP contribution < -0.4 is 24.8 Å². The van der Waals surface area contributed by atoms with Gasteiger partial charge in [0.2, 0.25) is 0 Å². The van der Waals surface area contributed by atoms with Crippen LogP contribution in [0, 0.1) is 6.92 Å². The summed E-state index contributed by atoms with van der Waals surface area (Å²) in [5.41, 5.74) is 4.25. The van der Waals surface area contributed by atoms with Crippen molar-refractivity contribution in [2.75, 3.05) is 0 Å². The third-order valence-corrected chi connectivity index (χ3v) is 4.10. The molecule has 3 aromatic rings. The third kappa shape index (κ3) is 4.85. The normalized spacial score (nSPS) is 12.1. The Morgan fingerprint density at radius 2 is 1.68 bits per heavy atom. The van der Waals surface area contributed by atoms with Crippen LogP contribution in [0.25, 0.3) is 27.1 Å². The Balaban J connectivity index is 0.000000476. The number of allylic oxidation sites excluding steroid dienone is 4. The molecule has 0 fully saturated rings. The van der Waals surface area contributed by atoms with Crippen LogP contribution in [0.1, 0.15) is 31.4 Å². The topological polar surface area (TPSA) is 0 Å². The molecule has 0 unspecified atom stereocenters. The van der Waals surface area contributed by atoms with Gasteiger partial charge in [-0.05, 0) is 13.3 Å². The predicted molar refractivity (Wildman–Crippen MR) is 99.9 cm³/mol. The molecule has 128 valence electrons. The fourth-order valence-corrected chi connectivity index (χ4v) is 3.20. The van der Waals surface area contributed by atoms with Crippen molar-refractivity contribution in [1.29, 1.82) is 0 Å². The van der Waals surface area contributed by atoms with Gasteiger partial charge in [0.25, 0.3) is 0 Å². The van der Waals surface area contributed by atoms with Crippen molar-refractivity contribution in [2.24, 2.45) is 0 Å². The zero-order valence-electron chi connectivity index (χ0n) is 14.7. The molecule has 1 aliphatic carbocycles. The van der Waals surface area contributed by atoms with Gasteiger partial charge in [-0.3, -0.25) is 0 Å². The van der Waals surface area contributed by atoms with E-state index in [1.807, 2.05) is 0 Å². The van der Waals surface area contributed by atoms with Gasteiger partial charge in [-0.1, -0.05) is 65.3 Å². The van der Waals surface area contributed by atoms with Gasteiger partial charge in [-0.15, -0.1) is 33.7 Å². The molecule has 0 saturated heterocycles. The zero-order valence-corrected chi connectivity index (χ0v) is 18.7. The van der Waals surface area contributed by atoms with E-state index >= 15 is 0 Å². The zero-order chi connectivity index (χ0) is 16.4. The molecule has 0 spiro atoms. The Kier molecular flexibility index (Phi) is 8.62. The van der Waals surface area contributed by atoms with Crippen LogP contribution in [0.3, 0.4) is 0 Å². The summed E-state index contributed by atoms with van der Waals surface area (Å²) in [6.07, 6.45) is 7.70. The van der Waals surface area contributed by atoms with E-state index in [9.17, 15) is 0 Å². The third-order valence-electron chi connectivity index (χ3n) is 4.10. The molecule has 0 atom stereocenters. The smallest absolute Gasteiger partial charge is 0.0159 e. The van der Waals surface area contributed by atoms with Crippen molar-refractivity contribution in [3.05, 3.63) is 71.8 Å². The van der Waals surface area contributed by atoms with Crippen LogP contribution in [-0.2, 0) is 24.2 Å². The summed E-state index contributed by atoms with van der Waals surface area (Å²) in [4.78, 5) is 0. The Labute approximate surface area is 177 Å². The van der Waals surface area contributed by atoms with Crippen molar-refractivity contribution in [3.8, 4) is 0 Å². The van der Waals surface area contributed by atoms with Crippen molar-refractivity contribution in [1.82, 2.24) is 0 Å². The minimum absolute atomic E-state index is 0. The van der Waals surface area contributed by atoms with Crippen molar-refractivity contribution >= 4 is 30.3 Å². The maximum Gasteiger partial charge on any atom is -0.0159 e.